The third-order valence-electron chi connectivity index (χ3n) is 3.80. The normalized spacial score (nSPS) is 10.5. The zero-order chi connectivity index (χ0) is 18.2. The number of ether oxygens (including phenoxy) is 1. The van der Waals surface area contributed by atoms with Gasteiger partial charge in [0.2, 0.25) is 5.91 Å². The molecule has 0 atom stereocenters. The molecule has 1 N–H and O–H groups in total. The zero-order valence-corrected chi connectivity index (χ0v) is 15.4. The summed E-state index contributed by atoms with van der Waals surface area (Å²) in [7, 11) is 1.65. The molecule has 26 heavy (non-hydrogen) atoms. The Hall–Kier alpha value is -2.73. The van der Waals surface area contributed by atoms with E-state index in [4.69, 9.17) is 4.74 Å². The van der Waals surface area contributed by atoms with Gasteiger partial charge in [0.05, 0.1) is 19.0 Å². The van der Waals surface area contributed by atoms with E-state index in [0.29, 0.717) is 13.0 Å². The number of benzene rings is 2. The highest BCUT2D eigenvalue weighted by molar-refractivity contribution is 7.99. The van der Waals surface area contributed by atoms with Crippen LogP contribution >= 0.6 is 11.8 Å². The number of para-hydroxylation sites is 1. The van der Waals surface area contributed by atoms with E-state index in [-0.39, 0.29) is 5.91 Å². The highest BCUT2D eigenvalue weighted by Gasteiger charge is 2.05. The molecular weight excluding hydrogens is 346 g/mol. The molecule has 3 aromatic rings. The molecule has 0 saturated carbocycles. The number of rotatable bonds is 8. The van der Waals surface area contributed by atoms with Gasteiger partial charge < -0.3 is 10.1 Å². The van der Waals surface area contributed by atoms with Crippen LogP contribution in [0.15, 0.2) is 71.9 Å². The lowest BCUT2D eigenvalue weighted by Gasteiger charge is -2.05. The molecule has 2 aromatic carbocycles. The van der Waals surface area contributed by atoms with Gasteiger partial charge in [0, 0.05) is 35.4 Å². The Balaban J connectivity index is 1.40. The smallest absolute Gasteiger partial charge is 0.221 e. The molecule has 0 aliphatic carbocycles. The number of nitrogens with one attached hydrogen (secondary N) is 1. The molecule has 0 saturated heterocycles. The summed E-state index contributed by atoms with van der Waals surface area (Å²) in [5.74, 6) is 1.61. The van der Waals surface area contributed by atoms with Crippen molar-refractivity contribution in [2.75, 3.05) is 12.9 Å². The van der Waals surface area contributed by atoms with Gasteiger partial charge in [-0.1, -0.05) is 18.2 Å². The molecule has 0 spiro atoms. The Morgan fingerprint density at radius 3 is 2.65 bits per heavy atom. The molecule has 1 aromatic heterocycles. The van der Waals surface area contributed by atoms with E-state index < -0.39 is 0 Å². The standard InChI is InChI=1S/C20H21N3O2S/c1-25-18-7-9-19(10-8-18)26-12-11-20(24)21-13-16-14-22-23(15-16)17-5-3-2-4-6-17/h2-10,14-15H,11-13H2,1H3,(H,21,24). The lowest BCUT2D eigenvalue weighted by atomic mass is 10.3. The van der Waals surface area contributed by atoms with Crippen LogP contribution < -0.4 is 10.1 Å². The Kier molecular flexibility index (Phi) is 6.33. The van der Waals surface area contributed by atoms with Gasteiger partial charge in [0.1, 0.15) is 5.75 Å². The summed E-state index contributed by atoms with van der Waals surface area (Å²) in [6, 6.07) is 17.7. The van der Waals surface area contributed by atoms with Crippen molar-refractivity contribution < 1.29 is 9.53 Å². The number of aromatic nitrogens is 2. The molecule has 5 nitrogen and oxygen atoms in total. The van der Waals surface area contributed by atoms with E-state index in [0.717, 1.165) is 27.6 Å². The highest BCUT2D eigenvalue weighted by atomic mass is 32.2. The molecule has 0 aliphatic rings. The maximum atomic E-state index is 12.0. The van der Waals surface area contributed by atoms with E-state index in [1.54, 1.807) is 29.8 Å². The predicted molar refractivity (Wildman–Crippen MR) is 104 cm³/mol. The summed E-state index contributed by atoms with van der Waals surface area (Å²) in [6.07, 6.45) is 4.19. The summed E-state index contributed by atoms with van der Waals surface area (Å²) in [4.78, 5) is 13.1. The summed E-state index contributed by atoms with van der Waals surface area (Å²) in [6.45, 7) is 0.485. The third-order valence-corrected chi connectivity index (χ3v) is 4.82. The average molecular weight is 367 g/mol. The number of methoxy groups -OCH3 is 1. The van der Waals surface area contributed by atoms with Gasteiger partial charge in [-0.15, -0.1) is 11.8 Å². The number of hydrogen-bond acceptors (Lipinski definition) is 4. The Labute approximate surface area is 157 Å². The van der Waals surface area contributed by atoms with Gasteiger partial charge in [0.25, 0.3) is 0 Å². The first-order valence-electron chi connectivity index (χ1n) is 8.37. The van der Waals surface area contributed by atoms with Crippen molar-refractivity contribution >= 4 is 17.7 Å². The Morgan fingerprint density at radius 1 is 1.15 bits per heavy atom. The van der Waals surface area contributed by atoms with Gasteiger partial charge in [-0.25, -0.2) is 4.68 Å². The van der Waals surface area contributed by atoms with Crippen LogP contribution in [0.3, 0.4) is 0 Å². The Bertz CT molecular complexity index is 832. The van der Waals surface area contributed by atoms with Crippen molar-refractivity contribution in [3.8, 4) is 11.4 Å². The van der Waals surface area contributed by atoms with Gasteiger partial charge >= 0.3 is 0 Å². The van der Waals surface area contributed by atoms with Gasteiger partial charge in [-0.05, 0) is 36.4 Å². The lowest BCUT2D eigenvalue weighted by molar-refractivity contribution is -0.120. The number of hydrogen-bond donors (Lipinski definition) is 1. The van der Waals surface area contributed by atoms with E-state index in [1.807, 2.05) is 60.8 Å². The first-order valence-corrected chi connectivity index (χ1v) is 9.35. The Morgan fingerprint density at radius 2 is 1.92 bits per heavy atom. The monoisotopic (exact) mass is 367 g/mol. The molecule has 0 aliphatic heterocycles. The van der Waals surface area contributed by atoms with Crippen LogP contribution in [0.4, 0.5) is 0 Å². The van der Waals surface area contributed by atoms with Crippen molar-refractivity contribution in [1.82, 2.24) is 15.1 Å². The molecule has 0 unspecified atom stereocenters. The van der Waals surface area contributed by atoms with Crippen LogP contribution in [0.1, 0.15) is 12.0 Å². The fourth-order valence-corrected chi connectivity index (χ4v) is 3.25. The minimum atomic E-state index is 0.0403. The zero-order valence-electron chi connectivity index (χ0n) is 14.6. The van der Waals surface area contributed by atoms with E-state index in [1.165, 1.54) is 0 Å². The van der Waals surface area contributed by atoms with Gasteiger partial charge in [-0.2, -0.15) is 5.10 Å². The molecule has 6 heteroatoms. The van der Waals surface area contributed by atoms with Gasteiger partial charge in [-0.3, -0.25) is 4.79 Å². The summed E-state index contributed by atoms with van der Waals surface area (Å²) in [5, 5.41) is 7.27. The molecule has 134 valence electrons. The van der Waals surface area contributed by atoms with Crippen molar-refractivity contribution in [1.29, 1.82) is 0 Å². The number of carbonyl (C=O) groups is 1. The minimum Gasteiger partial charge on any atom is -0.497 e. The van der Waals surface area contributed by atoms with Crippen LogP contribution in [-0.4, -0.2) is 28.6 Å². The first kappa shape index (κ1) is 18.1. The quantitative estimate of drug-likeness (QED) is 0.617. The summed E-state index contributed by atoms with van der Waals surface area (Å²) < 4.78 is 6.94. The maximum absolute atomic E-state index is 12.0. The van der Waals surface area contributed by atoms with Crippen LogP contribution in [0.5, 0.6) is 5.75 Å². The molecule has 1 amide bonds. The van der Waals surface area contributed by atoms with E-state index >= 15 is 0 Å². The second-order valence-corrected chi connectivity index (χ2v) is 6.85. The SMILES string of the molecule is COc1ccc(SCCC(=O)NCc2cnn(-c3ccccc3)c2)cc1. The number of thioether (sulfide) groups is 1. The minimum absolute atomic E-state index is 0.0403. The molecule has 3 rings (SSSR count). The summed E-state index contributed by atoms with van der Waals surface area (Å²) >= 11 is 1.66. The van der Waals surface area contributed by atoms with E-state index in [2.05, 4.69) is 10.4 Å². The van der Waals surface area contributed by atoms with E-state index in [9.17, 15) is 4.79 Å². The first-order chi connectivity index (χ1) is 12.7. The largest absolute Gasteiger partial charge is 0.497 e. The average Bonchev–Trinajstić information content (AvgIpc) is 3.17. The number of carbonyl (C=O) groups excluding carboxylic acids is 1. The lowest BCUT2D eigenvalue weighted by Crippen LogP contribution is -2.22. The van der Waals surface area contributed by atoms with Crippen molar-refractivity contribution in [3.63, 3.8) is 0 Å². The van der Waals surface area contributed by atoms with Crippen LogP contribution in [0.25, 0.3) is 5.69 Å². The van der Waals surface area contributed by atoms with Crippen LogP contribution in [0.2, 0.25) is 0 Å². The maximum Gasteiger partial charge on any atom is 0.221 e. The molecule has 0 fully saturated rings. The third kappa shape index (κ3) is 5.13. The fourth-order valence-electron chi connectivity index (χ4n) is 2.40. The highest BCUT2D eigenvalue weighted by Crippen LogP contribution is 2.21. The number of amides is 1. The van der Waals surface area contributed by atoms with Crippen molar-refractivity contribution in [2.45, 2.75) is 17.9 Å². The molecule has 0 radical (unpaired) electrons. The molecule has 0 bridgehead atoms. The van der Waals surface area contributed by atoms with Crippen molar-refractivity contribution in [2.24, 2.45) is 0 Å². The fraction of sp³-hybridized carbons (Fsp3) is 0.200. The second-order valence-electron chi connectivity index (χ2n) is 5.68. The van der Waals surface area contributed by atoms with Crippen molar-refractivity contribution in [3.05, 3.63) is 72.6 Å². The van der Waals surface area contributed by atoms with Crippen LogP contribution in [0, 0.1) is 0 Å². The molecule has 1 heterocycles. The predicted octanol–water partition coefficient (Wildman–Crippen LogP) is 3.68. The second kappa shape index (κ2) is 9.10. The van der Waals surface area contributed by atoms with Crippen LogP contribution in [-0.2, 0) is 11.3 Å². The topological polar surface area (TPSA) is 56.1 Å². The number of nitrogens with zero attached hydrogens (tertiary/aromatic N) is 2. The van der Waals surface area contributed by atoms with Gasteiger partial charge in [0.15, 0.2) is 0 Å². The molecular formula is C20H21N3O2S. The summed E-state index contributed by atoms with van der Waals surface area (Å²) in [5.41, 5.74) is 1.98.